The highest BCUT2D eigenvalue weighted by molar-refractivity contribution is 5.65. The third kappa shape index (κ3) is 3.89. The van der Waals surface area contributed by atoms with Crippen LogP contribution in [0.1, 0.15) is 6.92 Å². The molecule has 1 unspecified atom stereocenters. The lowest BCUT2D eigenvalue weighted by Crippen LogP contribution is -2.48. The molecule has 1 N–H and O–H groups in total. The summed E-state index contributed by atoms with van der Waals surface area (Å²) in [7, 11) is 0. The van der Waals surface area contributed by atoms with Crippen LogP contribution in [-0.2, 0) is 6.54 Å². The van der Waals surface area contributed by atoms with Crippen molar-refractivity contribution in [1.82, 2.24) is 14.5 Å². The van der Waals surface area contributed by atoms with Crippen molar-refractivity contribution in [3.05, 3.63) is 40.6 Å². The van der Waals surface area contributed by atoms with Crippen molar-refractivity contribution in [1.29, 1.82) is 0 Å². The lowest BCUT2D eigenvalue weighted by atomic mass is 10.1. The largest absolute Gasteiger partial charge is 0.489 e. The maximum absolute atomic E-state index is 11.0. The lowest BCUT2D eigenvalue weighted by molar-refractivity contribution is -0.389. The Bertz CT molecular complexity index is 913. The molecule has 154 valence electrons. The zero-order valence-electron chi connectivity index (χ0n) is 15.9. The second-order valence-corrected chi connectivity index (χ2v) is 7.36. The van der Waals surface area contributed by atoms with Gasteiger partial charge in [-0.1, -0.05) is 6.07 Å². The summed E-state index contributed by atoms with van der Waals surface area (Å²) < 4.78 is 13.3. The number of carboxylic acid groups (broad SMARTS) is 1. The molecule has 1 saturated heterocycles. The first-order valence-electron chi connectivity index (χ1n) is 9.19. The topological polar surface area (TPSA) is 123 Å². The van der Waals surface area contributed by atoms with Crippen LogP contribution < -0.4 is 14.4 Å². The SMILES string of the molecule is CC1(COc2cccc(N3CCN(C(=O)O)CC3)c2)Cn2cc([N+](=O)[O-])nc2O1. The number of aromatic nitrogens is 2. The molecule has 2 aromatic rings. The molecule has 0 saturated carbocycles. The monoisotopic (exact) mass is 403 g/mol. The van der Waals surface area contributed by atoms with Gasteiger partial charge in [-0.25, -0.2) is 4.79 Å². The number of nitrogens with zero attached hydrogens (tertiary/aromatic N) is 5. The maximum Gasteiger partial charge on any atom is 0.415 e. The summed E-state index contributed by atoms with van der Waals surface area (Å²) in [6.45, 7) is 4.68. The zero-order valence-corrected chi connectivity index (χ0v) is 15.9. The first-order chi connectivity index (χ1) is 13.8. The van der Waals surface area contributed by atoms with Crippen molar-refractivity contribution in [2.24, 2.45) is 0 Å². The number of carbonyl (C=O) groups is 1. The zero-order chi connectivity index (χ0) is 20.6. The molecule has 1 fully saturated rings. The van der Waals surface area contributed by atoms with Crippen LogP contribution in [-0.4, -0.2) is 69.0 Å². The van der Waals surface area contributed by atoms with Gasteiger partial charge >= 0.3 is 17.9 Å². The molecule has 29 heavy (non-hydrogen) atoms. The van der Waals surface area contributed by atoms with Gasteiger partial charge in [-0.2, -0.15) is 0 Å². The number of amides is 1. The Morgan fingerprint density at radius 2 is 2.14 bits per heavy atom. The highest BCUT2D eigenvalue weighted by Gasteiger charge is 2.41. The van der Waals surface area contributed by atoms with Gasteiger partial charge in [0.2, 0.25) is 0 Å². The average Bonchev–Trinajstić information content (AvgIpc) is 3.22. The summed E-state index contributed by atoms with van der Waals surface area (Å²) in [6, 6.07) is 7.83. The van der Waals surface area contributed by atoms with Crippen LogP contribution in [0.2, 0.25) is 0 Å². The summed E-state index contributed by atoms with van der Waals surface area (Å²) in [5.74, 6) is 0.433. The third-order valence-corrected chi connectivity index (χ3v) is 5.03. The quantitative estimate of drug-likeness (QED) is 0.592. The van der Waals surface area contributed by atoms with Gasteiger partial charge in [0.25, 0.3) is 0 Å². The van der Waals surface area contributed by atoms with E-state index >= 15 is 0 Å². The van der Waals surface area contributed by atoms with Crippen LogP contribution in [0.15, 0.2) is 30.5 Å². The molecule has 0 radical (unpaired) electrons. The summed E-state index contributed by atoms with van der Waals surface area (Å²) in [6.07, 6.45) is 0.467. The summed E-state index contributed by atoms with van der Waals surface area (Å²) in [5, 5.41) is 19.9. The normalized spacial score (nSPS) is 20.9. The van der Waals surface area contributed by atoms with E-state index in [-0.39, 0.29) is 18.4 Å². The number of anilines is 1. The molecule has 2 aliphatic heterocycles. The van der Waals surface area contributed by atoms with Crippen LogP contribution in [0.25, 0.3) is 0 Å². The Morgan fingerprint density at radius 3 is 2.79 bits per heavy atom. The van der Waals surface area contributed by atoms with E-state index < -0.39 is 16.6 Å². The lowest BCUT2D eigenvalue weighted by Gasteiger charge is -2.34. The number of rotatable bonds is 5. The van der Waals surface area contributed by atoms with E-state index in [1.165, 1.54) is 11.1 Å². The van der Waals surface area contributed by atoms with Crippen LogP contribution in [0.4, 0.5) is 16.3 Å². The second kappa shape index (κ2) is 7.15. The fourth-order valence-corrected chi connectivity index (χ4v) is 3.52. The smallest absolute Gasteiger partial charge is 0.415 e. The molecule has 1 amide bonds. The number of hydrogen-bond acceptors (Lipinski definition) is 7. The molecule has 3 heterocycles. The van der Waals surface area contributed by atoms with Crippen molar-refractivity contribution >= 4 is 17.6 Å². The van der Waals surface area contributed by atoms with E-state index in [0.717, 1.165) is 5.69 Å². The van der Waals surface area contributed by atoms with Gasteiger partial charge in [0.1, 0.15) is 18.6 Å². The molecule has 1 aromatic carbocycles. The van der Waals surface area contributed by atoms with Gasteiger partial charge in [0.05, 0.1) is 6.54 Å². The van der Waals surface area contributed by atoms with E-state index in [1.54, 1.807) is 4.57 Å². The Kier molecular flexibility index (Phi) is 4.65. The van der Waals surface area contributed by atoms with Crippen LogP contribution >= 0.6 is 0 Å². The van der Waals surface area contributed by atoms with E-state index in [1.807, 2.05) is 31.2 Å². The van der Waals surface area contributed by atoms with Gasteiger partial charge in [-0.15, -0.1) is 0 Å². The minimum Gasteiger partial charge on any atom is -0.489 e. The number of piperazine rings is 1. The summed E-state index contributed by atoms with van der Waals surface area (Å²) >= 11 is 0. The Hall–Kier alpha value is -3.50. The molecule has 0 spiro atoms. The number of hydrogen-bond donors (Lipinski definition) is 1. The third-order valence-electron chi connectivity index (χ3n) is 5.03. The molecule has 1 aromatic heterocycles. The number of ether oxygens (including phenoxy) is 2. The fraction of sp³-hybridized carbons (Fsp3) is 0.444. The van der Waals surface area contributed by atoms with E-state index in [0.29, 0.717) is 38.5 Å². The van der Waals surface area contributed by atoms with E-state index in [9.17, 15) is 14.9 Å². The number of fused-ring (bicyclic) bond motifs is 1. The average molecular weight is 403 g/mol. The minimum atomic E-state index is -0.892. The number of imidazole rings is 1. The predicted molar refractivity (Wildman–Crippen MR) is 102 cm³/mol. The molecule has 1 atom stereocenters. The van der Waals surface area contributed by atoms with Crippen LogP contribution in [0.5, 0.6) is 11.8 Å². The van der Waals surface area contributed by atoms with Gasteiger partial charge in [-0.3, -0.25) is 4.57 Å². The Labute approximate surface area is 166 Å². The second-order valence-electron chi connectivity index (χ2n) is 7.36. The van der Waals surface area contributed by atoms with Crippen molar-refractivity contribution in [3.8, 4) is 11.8 Å². The van der Waals surface area contributed by atoms with Gasteiger partial charge in [-0.05, 0) is 24.0 Å². The molecular weight excluding hydrogens is 382 g/mol. The highest BCUT2D eigenvalue weighted by Crippen LogP contribution is 2.32. The predicted octanol–water partition coefficient (Wildman–Crippen LogP) is 1.82. The first kappa shape index (κ1) is 18.8. The first-order valence-corrected chi connectivity index (χ1v) is 9.19. The maximum atomic E-state index is 11.0. The molecule has 0 bridgehead atoms. The molecule has 2 aliphatic rings. The Balaban J connectivity index is 1.36. The van der Waals surface area contributed by atoms with E-state index in [4.69, 9.17) is 14.6 Å². The van der Waals surface area contributed by atoms with Crippen molar-refractivity contribution < 1.29 is 24.3 Å². The molecule has 0 aliphatic carbocycles. The highest BCUT2D eigenvalue weighted by atomic mass is 16.6. The van der Waals surface area contributed by atoms with Gasteiger partial charge < -0.3 is 34.5 Å². The number of nitro groups is 1. The fourth-order valence-electron chi connectivity index (χ4n) is 3.52. The Morgan fingerprint density at radius 1 is 1.38 bits per heavy atom. The summed E-state index contributed by atoms with van der Waals surface area (Å²) in [5.41, 5.74) is 0.286. The van der Waals surface area contributed by atoms with E-state index in [2.05, 4.69) is 9.88 Å². The number of benzene rings is 1. The van der Waals surface area contributed by atoms with Crippen LogP contribution in [0.3, 0.4) is 0 Å². The van der Waals surface area contributed by atoms with Gasteiger partial charge in [0.15, 0.2) is 5.60 Å². The summed E-state index contributed by atoms with van der Waals surface area (Å²) in [4.78, 5) is 28.7. The molecule has 11 heteroatoms. The van der Waals surface area contributed by atoms with Gasteiger partial charge in [0, 0.05) is 42.9 Å². The molecule has 4 rings (SSSR count). The molecule has 11 nitrogen and oxygen atoms in total. The van der Waals surface area contributed by atoms with Crippen molar-refractivity contribution in [3.63, 3.8) is 0 Å². The molecular formula is C18H21N5O6. The van der Waals surface area contributed by atoms with Crippen molar-refractivity contribution in [2.45, 2.75) is 19.1 Å². The van der Waals surface area contributed by atoms with Crippen LogP contribution in [0, 0.1) is 10.1 Å². The minimum absolute atomic E-state index is 0.216. The standard InChI is InChI=1S/C18H21N5O6/c1-18(11-22-10-15(23(26)27)19-16(22)29-18)12-28-14-4-2-3-13(9-14)20-5-7-21(8-6-20)17(24)25/h2-4,9-10H,5-8,11-12H2,1H3,(H,24,25). The van der Waals surface area contributed by atoms with Crippen molar-refractivity contribution in [2.75, 3.05) is 37.7 Å².